The molecule has 16 heavy (non-hydrogen) atoms. The van der Waals surface area contributed by atoms with Crippen molar-refractivity contribution in [1.82, 2.24) is 4.90 Å². The highest BCUT2D eigenvalue weighted by molar-refractivity contribution is 5.82. The van der Waals surface area contributed by atoms with Crippen molar-refractivity contribution in [3.63, 3.8) is 0 Å². The predicted molar refractivity (Wildman–Crippen MR) is 61.0 cm³/mol. The molecule has 1 aliphatic heterocycles. The number of hydrogen-bond donors (Lipinski definition) is 1. The first-order valence-electron chi connectivity index (χ1n) is 6.11. The molecule has 1 fully saturated rings. The maximum Gasteiger partial charge on any atom is 0.310 e. The van der Waals surface area contributed by atoms with Crippen LogP contribution in [0.4, 0.5) is 0 Å². The van der Waals surface area contributed by atoms with Crippen LogP contribution in [0.1, 0.15) is 39.5 Å². The average Bonchev–Trinajstić information content (AvgIpc) is 2.14. The van der Waals surface area contributed by atoms with E-state index in [4.69, 9.17) is 5.11 Å². The van der Waals surface area contributed by atoms with Crippen LogP contribution in [0.2, 0.25) is 0 Å². The highest BCUT2D eigenvalue weighted by Gasteiger charge is 2.37. The summed E-state index contributed by atoms with van der Waals surface area (Å²) in [4.78, 5) is 24.3. The van der Waals surface area contributed by atoms with Gasteiger partial charge in [-0.2, -0.15) is 0 Å². The maximum absolute atomic E-state index is 12.0. The Morgan fingerprint density at radius 3 is 2.12 bits per heavy atom. The van der Waals surface area contributed by atoms with Gasteiger partial charge in [0.25, 0.3) is 0 Å². The minimum atomic E-state index is -0.786. The molecule has 0 saturated carbocycles. The third-order valence-corrected chi connectivity index (χ3v) is 3.17. The lowest BCUT2D eigenvalue weighted by molar-refractivity contribution is -0.154. The van der Waals surface area contributed by atoms with Crippen molar-refractivity contribution in [3.8, 4) is 0 Å². The minimum absolute atomic E-state index is 0.102. The average molecular weight is 227 g/mol. The van der Waals surface area contributed by atoms with E-state index in [-0.39, 0.29) is 17.7 Å². The number of carboxylic acid groups (broad SMARTS) is 1. The zero-order valence-corrected chi connectivity index (χ0v) is 10.1. The van der Waals surface area contributed by atoms with Crippen molar-refractivity contribution in [2.45, 2.75) is 39.5 Å². The van der Waals surface area contributed by atoms with Crippen LogP contribution in [0.3, 0.4) is 0 Å². The molecule has 4 heteroatoms. The van der Waals surface area contributed by atoms with E-state index in [9.17, 15) is 9.59 Å². The van der Waals surface area contributed by atoms with Gasteiger partial charge in [-0.1, -0.05) is 26.7 Å². The molecule has 0 aromatic carbocycles. The summed E-state index contributed by atoms with van der Waals surface area (Å²) >= 11 is 0. The fourth-order valence-electron chi connectivity index (χ4n) is 2.16. The largest absolute Gasteiger partial charge is 0.481 e. The fourth-order valence-corrected chi connectivity index (χ4v) is 2.16. The SMILES string of the molecule is CCCC(CCC)C(=O)N1CC(C(=O)O)C1. The number of carbonyl (C=O) groups is 2. The molecule has 4 nitrogen and oxygen atoms in total. The van der Waals surface area contributed by atoms with Gasteiger partial charge in [0.1, 0.15) is 0 Å². The van der Waals surface area contributed by atoms with Crippen LogP contribution in [-0.2, 0) is 9.59 Å². The first-order chi connectivity index (χ1) is 7.60. The van der Waals surface area contributed by atoms with Gasteiger partial charge in [-0.3, -0.25) is 9.59 Å². The van der Waals surface area contributed by atoms with Gasteiger partial charge in [0.15, 0.2) is 0 Å². The van der Waals surface area contributed by atoms with E-state index in [1.807, 2.05) is 0 Å². The lowest BCUT2D eigenvalue weighted by atomic mass is 9.92. The van der Waals surface area contributed by atoms with Crippen LogP contribution in [0.25, 0.3) is 0 Å². The molecule has 92 valence electrons. The number of nitrogens with zero attached hydrogens (tertiary/aromatic N) is 1. The lowest BCUT2D eigenvalue weighted by Crippen LogP contribution is -2.54. The Morgan fingerprint density at radius 1 is 1.25 bits per heavy atom. The Hall–Kier alpha value is -1.06. The molecule has 1 rings (SSSR count). The fraction of sp³-hybridized carbons (Fsp3) is 0.833. The Labute approximate surface area is 96.6 Å². The molecule has 1 amide bonds. The minimum Gasteiger partial charge on any atom is -0.481 e. The molecule has 1 N–H and O–H groups in total. The molecule has 0 aromatic heterocycles. The quantitative estimate of drug-likeness (QED) is 0.752. The molecular weight excluding hydrogens is 206 g/mol. The van der Waals surface area contributed by atoms with Crippen molar-refractivity contribution in [3.05, 3.63) is 0 Å². The summed E-state index contributed by atoms with van der Waals surface area (Å²) in [6.45, 7) is 4.95. The number of aliphatic carboxylic acids is 1. The first-order valence-corrected chi connectivity index (χ1v) is 6.11. The van der Waals surface area contributed by atoms with Crippen molar-refractivity contribution >= 4 is 11.9 Å². The van der Waals surface area contributed by atoms with Gasteiger partial charge in [-0.25, -0.2) is 0 Å². The van der Waals surface area contributed by atoms with Gasteiger partial charge in [-0.05, 0) is 12.8 Å². The Bertz CT molecular complexity index is 253. The molecule has 1 heterocycles. The molecule has 0 aliphatic carbocycles. The second kappa shape index (κ2) is 5.87. The zero-order valence-electron chi connectivity index (χ0n) is 10.1. The van der Waals surface area contributed by atoms with E-state index in [0.29, 0.717) is 13.1 Å². The van der Waals surface area contributed by atoms with Crippen LogP contribution in [0.15, 0.2) is 0 Å². The summed E-state index contributed by atoms with van der Waals surface area (Å²) in [5.74, 6) is -0.870. The summed E-state index contributed by atoms with van der Waals surface area (Å²) in [5.41, 5.74) is 0. The molecular formula is C12H21NO3. The van der Waals surface area contributed by atoms with Crippen molar-refractivity contribution < 1.29 is 14.7 Å². The Kier molecular flexibility index (Phi) is 4.77. The third-order valence-electron chi connectivity index (χ3n) is 3.17. The van der Waals surface area contributed by atoms with E-state index in [0.717, 1.165) is 25.7 Å². The molecule has 0 aromatic rings. The zero-order chi connectivity index (χ0) is 12.1. The number of likely N-dealkylation sites (tertiary alicyclic amines) is 1. The van der Waals surface area contributed by atoms with Gasteiger partial charge >= 0.3 is 5.97 Å². The molecule has 1 aliphatic rings. The van der Waals surface area contributed by atoms with E-state index in [1.54, 1.807) is 4.90 Å². The van der Waals surface area contributed by atoms with E-state index < -0.39 is 5.97 Å². The van der Waals surface area contributed by atoms with Gasteiger partial charge in [0, 0.05) is 19.0 Å². The summed E-state index contributed by atoms with van der Waals surface area (Å²) < 4.78 is 0. The van der Waals surface area contributed by atoms with Gasteiger partial charge in [0.05, 0.1) is 5.92 Å². The Morgan fingerprint density at radius 2 is 1.75 bits per heavy atom. The molecule has 0 bridgehead atoms. The monoisotopic (exact) mass is 227 g/mol. The van der Waals surface area contributed by atoms with E-state index in [2.05, 4.69) is 13.8 Å². The van der Waals surface area contributed by atoms with Crippen LogP contribution in [0, 0.1) is 11.8 Å². The third kappa shape index (κ3) is 2.97. The Balaban J connectivity index is 2.41. The first kappa shape index (κ1) is 13.0. The smallest absolute Gasteiger partial charge is 0.310 e. The van der Waals surface area contributed by atoms with Gasteiger partial charge < -0.3 is 10.0 Å². The predicted octanol–water partition coefficient (Wildman–Crippen LogP) is 1.75. The molecule has 0 unspecified atom stereocenters. The van der Waals surface area contributed by atoms with E-state index >= 15 is 0 Å². The summed E-state index contributed by atoms with van der Waals surface area (Å²) in [6.07, 6.45) is 3.85. The second-order valence-corrected chi connectivity index (χ2v) is 4.55. The number of carbonyl (C=O) groups excluding carboxylic acids is 1. The standard InChI is InChI=1S/C12H21NO3/c1-3-5-9(6-4-2)11(14)13-7-10(8-13)12(15)16/h9-10H,3-8H2,1-2H3,(H,15,16). The summed E-state index contributed by atoms with van der Waals surface area (Å²) in [7, 11) is 0. The van der Waals surface area contributed by atoms with Crippen molar-refractivity contribution in [2.24, 2.45) is 11.8 Å². The highest BCUT2D eigenvalue weighted by Crippen LogP contribution is 2.23. The number of carboxylic acids is 1. The summed E-state index contributed by atoms with van der Waals surface area (Å²) in [6, 6.07) is 0. The lowest BCUT2D eigenvalue weighted by Gasteiger charge is -2.38. The van der Waals surface area contributed by atoms with Crippen molar-refractivity contribution in [2.75, 3.05) is 13.1 Å². The molecule has 0 spiro atoms. The maximum atomic E-state index is 12.0. The number of amides is 1. The number of rotatable bonds is 6. The van der Waals surface area contributed by atoms with Crippen LogP contribution in [-0.4, -0.2) is 35.0 Å². The van der Waals surface area contributed by atoms with Crippen LogP contribution < -0.4 is 0 Å². The normalized spacial score (nSPS) is 16.3. The molecule has 1 saturated heterocycles. The van der Waals surface area contributed by atoms with Gasteiger partial charge in [0.2, 0.25) is 5.91 Å². The second-order valence-electron chi connectivity index (χ2n) is 4.55. The molecule has 0 atom stereocenters. The summed E-state index contributed by atoms with van der Waals surface area (Å²) in [5, 5.41) is 8.74. The molecule has 0 radical (unpaired) electrons. The van der Waals surface area contributed by atoms with Gasteiger partial charge in [-0.15, -0.1) is 0 Å². The van der Waals surface area contributed by atoms with Crippen molar-refractivity contribution in [1.29, 1.82) is 0 Å². The highest BCUT2D eigenvalue weighted by atomic mass is 16.4. The van der Waals surface area contributed by atoms with E-state index in [1.165, 1.54) is 0 Å². The van der Waals surface area contributed by atoms with Crippen LogP contribution >= 0.6 is 0 Å². The number of hydrogen-bond acceptors (Lipinski definition) is 2. The van der Waals surface area contributed by atoms with Crippen LogP contribution in [0.5, 0.6) is 0 Å². The topological polar surface area (TPSA) is 57.6 Å².